The first kappa shape index (κ1) is 14.8. The fourth-order valence-corrected chi connectivity index (χ4v) is 3.78. The van der Waals surface area contributed by atoms with Gasteiger partial charge in [-0.1, -0.05) is 19.8 Å². The summed E-state index contributed by atoms with van der Waals surface area (Å²) in [6.07, 6.45) is 8.47. The smallest absolute Gasteiger partial charge is 0.220 e. The van der Waals surface area contributed by atoms with Crippen molar-refractivity contribution in [1.29, 1.82) is 0 Å². The van der Waals surface area contributed by atoms with E-state index in [2.05, 4.69) is 24.2 Å². The van der Waals surface area contributed by atoms with Crippen LogP contribution in [0.1, 0.15) is 51.9 Å². The van der Waals surface area contributed by atoms with E-state index in [1.165, 1.54) is 45.1 Å². The minimum atomic E-state index is 0.285. The van der Waals surface area contributed by atoms with E-state index in [0.29, 0.717) is 11.8 Å². The molecule has 3 atom stereocenters. The molecule has 0 bridgehead atoms. The molecule has 2 fully saturated rings. The molecule has 0 radical (unpaired) electrons. The minimum absolute atomic E-state index is 0.285. The fraction of sp³-hybridized carbons (Fsp3) is 0.938. The van der Waals surface area contributed by atoms with Gasteiger partial charge in [-0.3, -0.25) is 4.79 Å². The lowest BCUT2D eigenvalue weighted by atomic mass is 9.81. The van der Waals surface area contributed by atoms with Gasteiger partial charge >= 0.3 is 0 Å². The summed E-state index contributed by atoms with van der Waals surface area (Å²) in [5, 5.41) is 3.17. The Balaban J connectivity index is 1.63. The lowest BCUT2D eigenvalue weighted by Gasteiger charge is -2.30. The molecule has 1 saturated carbocycles. The zero-order valence-electron chi connectivity index (χ0n) is 12.7. The van der Waals surface area contributed by atoms with E-state index in [9.17, 15) is 4.79 Å². The Kier molecular flexibility index (Phi) is 5.68. The Bertz CT molecular complexity index is 292. The molecule has 0 aromatic carbocycles. The molecule has 0 spiro atoms. The summed E-state index contributed by atoms with van der Waals surface area (Å²) in [7, 11) is 2.18. The number of hydrogen-bond acceptors (Lipinski definition) is 2. The van der Waals surface area contributed by atoms with Gasteiger partial charge < -0.3 is 10.2 Å². The zero-order chi connectivity index (χ0) is 13.7. The molecule has 3 heteroatoms. The Labute approximate surface area is 118 Å². The van der Waals surface area contributed by atoms with Crippen LogP contribution in [-0.4, -0.2) is 37.5 Å². The standard InChI is InChI=1S/C16H30N2O/c1-13-5-3-6-14(9-13)10-16(19)17-11-15-7-4-8-18(2)12-15/h13-15H,3-12H2,1-2H3,(H,17,19)/t13-,14+,15-/m1/s1. The van der Waals surface area contributed by atoms with Crippen LogP contribution in [0.2, 0.25) is 0 Å². The monoisotopic (exact) mass is 266 g/mol. The van der Waals surface area contributed by atoms with Crippen molar-refractivity contribution in [1.82, 2.24) is 10.2 Å². The third-order valence-corrected chi connectivity index (χ3v) is 4.83. The van der Waals surface area contributed by atoms with Gasteiger partial charge in [-0.25, -0.2) is 0 Å². The first-order chi connectivity index (χ1) is 9.13. The first-order valence-corrected chi connectivity index (χ1v) is 8.08. The summed E-state index contributed by atoms with van der Waals surface area (Å²) < 4.78 is 0. The van der Waals surface area contributed by atoms with Gasteiger partial charge in [0.05, 0.1) is 0 Å². The SMILES string of the molecule is C[C@@H]1CCC[C@H](CC(=O)NC[C@H]2CCCN(C)C2)C1. The Morgan fingerprint density at radius 3 is 2.74 bits per heavy atom. The lowest BCUT2D eigenvalue weighted by molar-refractivity contribution is -0.122. The number of nitrogens with zero attached hydrogens (tertiary/aromatic N) is 1. The Hall–Kier alpha value is -0.570. The maximum Gasteiger partial charge on any atom is 0.220 e. The predicted molar refractivity (Wildman–Crippen MR) is 79.0 cm³/mol. The minimum Gasteiger partial charge on any atom is -0.356 e. The number of likely N-dealkylation sites (tertiary alicyclic amines) is 1. The van der Waals surface area contributed by atoms with E-state index in [4.69, 9.17) is 0 Å². The van der Waals surface area contributed by atoms with Crippen molar-refractivity contribution in [2.75, 3.05) is 26.7 Å². The van der Waals surface area contributed by atoms with E-state index in [1.807, 2.05) is 0 Å². The van der Waals surface area contributed by atoms with Gasteiger partial charge in [-0.05, 0) is 57.0 Å². The number of piperidine rings is 1. The molecule has 1 N–H and O–H groups in total. The van der Waals surface area contributed by atoms with E-state index < -0.39 is 0 Å². The van der Waals surface area contributed by atoms with Crippen LogP contribution in [0.3, 0.4) is 0 Å². The van der Waals surface area contributed by atoms with Crippen LogP contribution in [0.25, 0.3) is 0 Å². The number of rotatable bonds is 4. The molecule has 1 saturated heterocycles. The molecule has 19 heavy (non-hydrogen) atoms. The summed E-state index contributed by atoms with van der Waals surface area (Å²) in [5.41, 5.74) is 0. The quantitative estimate of drug-likeness (QED) is 0.848. The molecule has 0 aromatic rings. The molecule has 1 aliphatic carbocycles. The predicted octanol–water partition coefficient (Wildman–Crippen LogP) is 2.66. The van der Waals surface area contributed by atoms with Crippen molar-refractivity contribution in [3.05, 3.63) is 0 Å². The van der Waals surface area contributed by atoms with Gasteiger partial charge in [0.2, 0.25) is 5.91 Å². The molecule has 2 rings (SSSR count). The average Bonchev–Trinajstić information content (AvgIpc) is 2.36. The first-order valence-electron chi connectivity index (χ1n) is 8.08. The van der Waals surface area contributed by atoms with Gasteiger partial charge in [-0.15, -0.1) is 0 Å². The molecule has 1 aliphatic heterocycles. The Morgan fingerprint density at radius 2 is 2.00 bits per heavy atom. The van der Waals surface area contributed by atoms with Crippen molar-refractivity contribution in [2.45, 2.75) is 51.9 Å². The van der Waals surface area contributed by atoms with Gasteiger partial charge in [-0.2, -0.15) is 0 Å². The van der Waals surface area contributed by atoms with E-state index >= 15 is 0 Å². The van der Waals surface area contributed by atoms with Crippen molar-refractivity contribution in [3.63, 3.8) is 0 Å². The third-order valence-electron chi connectivity index (χ3n) is 4.83. The van der Waals surface area contributed by atoms with Crippen LogP contribution >= 0.6 is 0 Å². The van der Waals surface area contributed by atoms with Gasteiger partial charge in [0.15, 0.2) is 0 Å². The summed E-state index contributed by atoms with van der Waals surface area (Å²) in [5.74, 6) is 2.40. The second kappa shape index (κ2) is 7.28. The number of hydrogen-bond donors (Lipinski definition) is 1. The van der Waals surface area contributed by atoms with E-state index in [-0.39, 0.29) is 5.91 Å². The van der Waals surface area contributed by atoms with Crippen molar-refractivity contribution < 1.29 is 4.79 Å². The molecule has 1 amide bonds. The number of amides is 1. The summed E-state index contributed by atoms with van der Waals surface area (Å²) in [6.45, 7) is 5.55. The largest absolute Gasteiger partial charge is 0.356 e. The van der Waals surface area contributed by atoms with Gasteiger partial charge in [0.1, 0.15) is 0 Å². The average molecular weight is 266 g/mol. The molecule has 2 aliphatic rings. The molecule has 0 unspecified atom stereocenters. The summed E-state index contributed by atoms with van der Waals surface area (Å²) in [6, 6.07) is 0. The van der Waals surface area contributed by atoms with E-state index in [0.717, 1.165) is 25.4 Å². The molecular weight excluding hydrogens is 236 g/mol. The van der Waals surface area contributed by atoms with Crippen LogP contribution in [-0.2, 0) is 4.79 Å². The topological polar surface area (TPSA) is 32.3 Å². The summed E-state index contributed by atoms with van der Waals surface area (Å²) >= 11 is 0. The molecule has 1 heterocycles. The van der Waals surface area contributed by atoms with E-state index in [1.54, 1.807) is 0 Å². The number of carbonyl (C=O) groups excluding carboxylic acids is 1. The maximum atomic E-state index is 12.0. The molecule has 3 nitrogen and oxygen atoms in total. The maximum absolute atomic E-state index is 12.0. The van der Waals surface area contributed by atoms with Crippen LogP contribution in [0.5, 0.6) is 0 Å². The number of carbonyl (C=O) groups is 1. The van der Waals surface area contributed by atoms with Crippen LogP contribution < -0.4 is 5.32 Å². The highest BCUT2D eigenvalue weighted by molar-refractivity contribution is 5.76. The normalized spacial score (nSPS) is 33.1. The molecule has 0 aromatic heterocycles. The van der Waals surface area contributed by atoms with Crippen molar-refractivity contribution >= 4 is 5.91 Å². The molecular formula is C16H30N2O. The highest BCUT2D eigenvalue weighted by Gasteiger charge is 2.22. The van der Waals surface area contributed by atoms with Gasteiger partial charge in [0, 0.05) is 19.5 Å². The second-order valence-electron chi connectivity index (χ2n) is 6.92. The van der Waals surface area contributed by atoms with Crippen LogP contribution in [0, 0.1) is 17.8 Å². The third kappa shape index (κ3) is 5.13. The second-order valence-corrected chi connectivity index (χ2v) is 6.92. The number of nitrogens with one attached hydrogen (secondary N) is 1. The van der Waals surface area contributed by atoms with Gasteiger partial charge in [0.25, 0.3) is 0 Å². The van der Waals surface area contributed by atoms with Crippen LogP contribution in [0.15, 0.2) is 0 Å². The summed E-state index contributed by atoms with van der Waals surface area (Å²) in [4.78, 5) is 14.4. The molecule has 110 valence electrons. The highest BCUT2D eigenvalue weighted by Crippen LogP contribution is 2.30. The fourth-order valence-electron chi connectivity index (χ4n) is 3.78. The van der Waals surface area contributed by atoms with Crippen LogP contribution in [0.4, 0.5) is 0 Å². The zero-order valence-corrected chi connectivity index (χ0v) is 12.7. The van der Waals surface area contributed by atoms with Crippen molar-refractivity contribution in [2.24, 2.45) is 17.8 Å². The Morgan fingerprint density at radius 1 is 1.21 bits per heavy atom. The van der Waals surface area contributed by atoms with Crippen molar-refractivity contribution in [3.8, 4) is 0 Å². The lowest BCUT2D eigenvalue weighted by Crippen LogP contribution is -2.39. The highest BCUT2D eigenvalue weighted by atomic mass is 16.1.